The van der Waals surface area contributed by atoms with Crippen molar-refractivity contribution in [3.63, 3.8) is 0 Å². The first-order valence-electron chi connectivity index (χ1n) is 7.39. The summed E-state index contributed by atoms with van der Waals surface area (Å²) in [6, 6.07) is 7.54. The highest BCUT2D eigenvalue weighted by Gasteiger charge is 2.36. The van der Waals surface area contributed by atoms with Crippen LogP contribution in [0.5, 0.6) is 0 Å². The Morgan fingerprint density at radius 3 is 2.76 bits per heavy atom. The third-order valence-electron chi connectivity index (χ3n) is 4.40. The molecule has 3 rings (SSSR count). The summed E-state index contributed by atoms with van der Waals surface area (Å²) in [5.74, 6) is -0.621. The number of para-hydroxylation sites is 1. The maximum atomic E-state index is 12.7. The maximum absolute atomic E-state index is 12.7. The molecule has 3 atom stereocenters. The van der Waals surface area contributed by atoms with Crippen LogP contribution in [0.4, 0.5) is 5.69 Å². The maximum Gasteiger partial charge on any atom is 0.232 e. The normalized spacial score (nSPS) is 28.2. The van der Waals surface area contributed by atoms with Crippen molar-refractivity contribution in [2.75, 3.05) is 18.1 Å². The standard InChI is InChI=1S/C16H20N2O3/c1-10-8-11(9-21-10)16(20)18-7-6-13(15(17)19)12-4-2-3-5-14(12)18/h2-5,10-11,13H,6-9H2,1H3,(H2,17,19). The third-order valence-corrected chi connectivity index (χ3v) is 4.40. The summed E-state index contributed by atoms with van der Waals surface area (Å²) in [5.41, 5.74) is 7.16. The van der Waals surface area contributed by atoms with E-state index < -0.39 is 0 Å². The Bertz CT molecular complexity index is 572. The van der Waals surface area contributed by atoms with Crippen molar-refractivity contribution in [1.29, 1.82) is 0 Å². The van der Waals surface area contributed by atoms with Gasteiger partial charge in [-0.3, -0.25) is 9.59 Å². The average Bonchev–Trinajstić information content (AvgIpc) is 2.91. The minimum absolute atomic E-state index is 0.0850. The van der Waals surface area contributed by atoms with Gasteiger partial charge >= 0.3 is 0 Å². The lowest BCUT2D eigenvalue weighted by Gasteiger charge is -2.34. The van der Waals surface area contributed by atoms with Crippen molar-refractivity contribution in [3.8, 4) is 0 Å². The number of anilines is 1. The number of ether oxygens (including phenoxy) is 1. The van der Waals surface area contributed by atoms with Gasteiger partial charge in [0, 0.05) is 12.2 Å². The molecule has 2 N–H and O–H groups in total. The summed E-state index contributed by atoms with van der Waals surface area (Å²) in [6.45, 7) is 3.01. The minimum Gasteiger partial charge on any atom is -0.378 e. The summed E-state index contributed by atoms with van der Waals surface area (Å²) >= 11 is 0. The molecule has 5 heteroatoms. The van der Waals surface area contributed by atoms with E-state index in [-0.39, 0.29) is 29.8 Å². The topological polar surface area (TPSA) is 72.6 Å². The van der Waals surface area contributed by atoms with Crippen LogP contribution in [-0.4, -0.2) is 31.1 Å². The van der Waals surface area contributed by atoms with E-state index in [1.807, 2.05) is 31.2 Å². The zero-order chi connectivity index (χ0) is 15.0. The lowest BCUT2D eigenvalue weighted by Crippen LogP contribution is -2.42. The molecule has 21 heavy (non-hydrogen) atoms. The predicted octanol–water partition coefficient (Wildman–Crippen LogP) is 1.42. The fourth-order valence-electron chi connectivity index (χ4n) is 3.30. The Morgan fingerprint density at radius 2 is 2.10 bits per heavy atom. The largest absolute Gasteiger partial charge is 0.378 e. The van der Waals surface area contributed by atoms with Crippen molar-refractivity contribution in [2.45, 2.75) is 31.8 Å². The Labute approximate surface area is 124 Å². The summed E-state index contributed by atoms with van der Waals surface area (Å²) in [6.07, 6.45) is 1.48. The fraction of sp³-hybridized carbons (Fsp3) is 0.500. The van der Waals surface area contributed by atoms with E-state index in [1.165, 1.54) is 0 Å². The average molecular weight is 288 g/mol. The van der Waals surface area contributed by atoms with Gasteiger partial charge in [-0.1, -0.05) is 18.2 Å². The van der Waals surface area contributed by atoms with Gasteiger partial charge in [-0.25, -0.2) is 0 Å². The van der Waals surface area contributed by atoms with Crippen LogP contribution in [0.25, 0.3) is 0 Å². The summed E-state index contributed by atoms with van der Waals surface area (Å²) in [4.78, 5) is 26.1. The van der Waals surface area contributed by atoms with Crippen molar-refractivity contribution < 1.29 is 14.3 Å². The van der Waals surface area contributed by atoms with Gasteiger partial charge in [0.05, 0.1) is 24.5 Å². The molecule has 1 fully saturated rings. The van der Waals surface area contributed by atoms with Crippen LogP contribution in [-0.2, 0) is 14.3 Å². The molecule has 112 valence electrons. The molecule has 0 radical (unpaired) electrons. The molecular weight excluding hydrogens is 268 g/mol. The highest BCUT2D eigenvalue weighted by molar-refractivity contribution is 5.98. The molecule has 1 aromatic carbocycles. The molecule has 3 unspecified atom stereocenters. The molecule has 0 spiro atoms. The van der Waals surface area contributed by atoms with E-state index >= 15 is 0 Å². The monoisotopic (exact) mass is 288 g/mol. The SMILES string of the molecule is CC1CC(C(=O)N2CCC(C(N)=O)c3ccccc32)CO1. The van der Waals surface area contributed by atoms with Gasteiger partial charge in [-0.2, -0.15) is 0 Å². The van der Waals surface area contributed by atoms with Crippen molar-refractivity contribution in [3.05, 3.63) is 29.8 Å². The highest BCUT2D eigenvalue weighted by Crippen LogP contribution is 2.36. The lowest BCUT2D eigenvalue weighted by molar-refractivity contribution is -0.123. The number of amides is 2. The van der Waals surface area contributed by atoms with E-state index in [1.54, 1.807) is 4.90 Å². The van der Waals surface area contributed by atoms with Crippen LogP contribution in [0.3, 0.4) is 0 Å². The second kappa shape index (κ2) is 5.48. The number of carbonyl (C=O) groups excluding carboxylic acids is 2. The van der Waals surface area contributed by atoms with Crippen LogP contribution in [0.1, 0.15) is 31.2 Å². The van der Waals surface area contributed by atoms with Gasteiger partial charge in [0.1, 0.15) is 0 Å². The number of fused-ring (bicyclic) bond motifs is 1. The van der Waals surface area contributed by atoms with Crippen molar-refractivity contribution in [1.82, 2.24) is 0 Å². The molecule has 2 heterocycles. The number of hydrogen-bond acceptors (Lipinski definition) is 3. The number of nitrogens with two attached hydrogens (primary N) is 1. The number of hydrogen-bond donors (Lipinski definition) is 1. The quantitative estimate of drug-likeness (QED) is 0.894. The summed E-state index contributed by atoms with van der Waals surface area (Å²) in [7, 11) is 0. The molecule has 0 aromatic heterocycles. The summed E-state index contributed by atoms with van der Waals surface area (Å²) in [5, 5.41) is 0. The van der Waals surface area contributed by atoms with E-state index in [9.17, 15) is 9.59 Å². The molecule has 1 saturated heterocycles. The van der Waals surface area contributed by atoms with E-state index in [4.69, 9.17) is 10.5 Å². The van der Waals surface area contributed by atoms with Crippen LogP contribution in [0, 0.1) is 5.92 Å². The van der Waals surface area contributed by atoms with Gasteiger partial charge < -0.3 is 15.4 Å². The molecule has 2 amide bonds. The van der Waals surface area contributed by atoms with Gasteiger partial charge in [0.2, 0.25) is 11.8 Å². The van der Waals surface area contributed by atoms with Gasteiger partial charge in [-0.15, -0.1) is 0 Å². The third kappa shape index (κ3) is 2.53. The molecule has 0 aliphatic carbocycles. The minimum atomic E-state index is -0.327. The molecule has 1 aromatic rings. The smallest absolute Gasteiger partial charge is 0.232 e. The zero-order valence-corrected chi connectivity index (χ0v) is 12.1. The second-order valence-electron chi connectivity index (χ2n) is 5.87. The second-order valence-corrected chi connectivity index (χ2v) is 5.87. The van der Waals surface area contributed by atoms with Gasteiger partial charge in [-0.05, 0) is 31.4 Å². The molecule has 0 saturated carbocycles. The summed E-state index contributed by atoms with van der Waals surface area (Å²) < 4.78 is 5.50. The molecular formula is C16H20N2O3. The van der Waals surface area contributed by atoms with E-state index in [0.29, 0.717) is 19.6 Å². The molecule has 5 nitrogen and oxygen atoms in total. The number of nitrogens with zero attached hydrogens (tertiary/aromatic N) is 1. The molecule has 2 aliphatic heterocycles. The molecule has 2 aliphatic rings. The molecule has 0 bridgehead atoms. The van der Waals surface area contributed by atoms with Gasteiger partial charge in [0.25, 0.3) is 0 Å². The van der Waals surface area contributed by atoms with Crippen molar-refractivity contribution in [2.24, 2.45) is 11.7 Å². The van der Waals surface area contributed by atoms with E-state index in [0.717, 1.165) is 17.7 Å². The predicted molar refractivity (Wildman–Crippen MR) is 78.9 cm³/mol. The Balaban J connectivity index is 1.89. The first-order chi connectivity index (χ1) is 10.1. The number of primary amides is 1. The first-order valence-corrected chi connectivity index (χ1v) is 7.39. The first kappa shape index (κ1) is 14.1. The van der Waals surface area contributed by atoms with Crippen LogP contribution < -0.4 is 10.6 Å². The lowest BCUT2D eigenvalue weighted by atomic mass is 9.88. The van der Waals surface area contributed by atoms with E-state index in [2.05, 4.69) is 0 Å². The van der Waals surface area contributed by atoms with Crippen LogP contribution >= 0.6 is 0 Å². The number of benzene rings is 1. The fourth-order valence-corrected chi connectivity index (χ4v) is 3.30. The van der Waals surface area contributed by atoms with Crippen molar-refractivity contribution >= 4 is 17.5 Å². The highest BCUT2D eigenvalue weighted by atomic mass is 16.5. The Morgan fingerprint density at radius 1 is 1.33 bits per heavy atom. The van der Waals surface area contributed by atoms with Crippen LogP contribution in [0.2, 0.25) is 0 Å². The number of carbonyl (C=O) groups is 2. The Hall–Kier alpha value is -1.88. The number of rotatable bonds is 2. The zero-order valence-electron chi connectivity index (χ0n) is 12.1. The Kier molecular flexibility index (Phi) is 3.68. The van der Waals surface area contributed by atoms with Crippen LogP contribution in [0.15, 0.2) is 24.3 Å². The van der Waals surface area contributed by atoms with Gasteiger partial charge in [0.15, 0.2) is 0 Å².